The quantitative estimate of drug-likeness (QED) is 0.424. The summed E-state index contributed by atoms with van der Waals surface area (Å²) in [4.78, 5) is 5.74. The van der Waals surface area contributed by atoms with Gasteiger partial charge in [-0.2, -0.15) is 0 Å². The molecule has 38 heavy (non-hydrogen) atoms. The summed E-state index contributed by atoms with van der Waals surface area (Å²) in [6.45, 7) is 1.30. The van der Waals surface area contributed by atoms with Crippen LogP contribution in [0.4, 0.5) is 0 Å². The van der Waals surface area contributed by atoms with Crippen LogP contribution in [0.2, 0.25) is 0 Å². The normalized spacial score (nSPS) is 26.6. The molecule has 0 radical (unpaired) electrons. The summed E-state index contributed by atoms with van der Waals surface area (Å²) in [6.07, 6.45) is 5.41. The molecule has 2 aliphatic heterocycles. The molecule has 0 aromatic heterocycles. The predicted octanol–water partition coefficient (Wildman–Crippen LogP) is 4.57. The van der Waals surface area contributed by atoms with Crippen LogP contribution in [-0.4, -0.2) is 60.1 Å². The third-order valence-electron chi connectivity index (χ3n) is 7.66. The average Bonchev–Trinajstić information content (AvgIpc) is 2.93. The van der Waals surface area contributed by atoms with Gasteiger partial charge in [0.25, 0.3) is 0 Å². The minimum Gasteiger partial charge on any atom is -0.495 e. The van der Waals surface area contributed by atoms with Crippen molar-refractivity contribution in [2.75, 3.05) is 48.8 Å². The van der Waals surface area contributed by atoms with Crippen LogP contribution in [-0.2, 0) is 42.4 Å². The SMILES string of the molecule is COC[C@@H]1CC2=C/C(=N\OCc3ccccc3)C(OC)=C[C@]23O[C@@]1(COC)Cc1cc(OC)c(OC)cc13. The van der Waals surface area contributed by atoms with Gasteiger partial charge in [0.05, 0.1) is 34.5 Å². The zero-order valence-corrected chi connectivity index (χ0v) is 22.6. The van der Waals surface area contributed by atoms with Crippen LogP contribution in [0, 0.1) is 5.92 Å². The molecule has 3 atom stereocenters. The molecular formula is C30H35NO7. The Morgan fingerprint density at radius 1 is 0.947 bits per heavy atom. The molecule has 8 heteroatoms. The van der Waals surface area contributed by atoms with E-state index in [1.165, 1.54) is 0 Å². The third kappa shape index (κ3) is 4.46. The molecule has 1 fully saturated rings. The molecule has 3 aliphatic rings. The maximum Gasteiger partial charge on any atom is 0.161 e. The molecule has 8 nitrogen and oxygen atoms in total. The van der Waals surface area contributed by atoms with E-state index in [9.17, 15) is 0 Å². The lowest BCUT2D eigenvalue weighted by molar-refractivity contribution is -0.215. The molecule has 1 aliphatic carbocycles. The molecule has 1 spiro atoms. The van der Waals surface area contributed by atoms with Crippen molar-refractivity contribution < 1.29 is 33.3 Å². The monoisotopic (exact) mass is 521 g/mol. The molecule has 2 heterocycles. The van der Waals surface area contributed by atoms with E-state index in [4.69, 9.17) is 33.3 Å². The van der Waals surface area contributed by atoms with Gasteiger partial charge in [-0.3, -0.25) is 0 Å². The summed E-state index contributed by atoms with van der Waals surface area (Å²) in [5.74, 6) is 1.94. The highest BCUT2D eigenvalue weighted by molar-refractivity contribution is 6.08. The molecule has 2 bridgehead atoms. The number of fused-ring (bicyclic) bond motifs is 2. The van der Waals surface area contributed by atoms with Crippen molar-refractivity contribution in [2.45, 2.75) is 30.7 Å². The highest BCUT2D eigenvalue weighted by Gasteiger charge is 2.59. The second kappa shape index (κ2) is 10.8. The first-order chi connectivity index (χ1) is 18.5. The van der Waals surface area contributed by atoms with Gasteiger partial charge in [-0.1, -0.05) is 35.5 Å². The van der Waals surface area contributed by atoms with Crippen molar-refractivity contribution >= 4 is 5.71 Å². The molecule has 2 aromatic carbocycles. The lowest BCUT2D eigenvalue weighted by Gasteiger charge is -2.57. The largest absolute Gasteiger partial charge is 0.495 e. The van der Waals surface area contributed by atoms with Crippen molar-refractivity contribution in [3.8, 4) is 11.5 Å². The van der Waals surface area contributed by atoms with E-state index in [1.54, 1.807) is 35.5 Å². The second-order valence-corrected chi connectivity index (χ2v) is 9.85. The molecule has 5 rings (SSSR count). The van der Waals surface area contributed by atoms with Gasteiger partial charge in [-0.15, -0.1) is 0 Å². The van der Waals surface area contributed by atoms with Gasteiger partial charge < -0.3 is 33.3 Å². The summed E-state index contributed by atoms with van der Waals surface area (Å²) in [5.41, 5.74) is 3.28. The Morgan fingerprint density at radius 3 is 2.39 bits per heavy atom. The fraction of sp³-hybridized carbons (Fsp3) is 0.433. The van der Waals surface area contributed by atoms with Gasteiger partial charge in [-0.05, 0) is 46.9 Å². The fourth-order valence-corrected chi connectivity index (χ4v) is 5.92. The highest BCUT2D eigenvalue weighted by Crippen LogP contribution is 2.58. The average molecular weight is 522 g/mol. The number of hydrogen-bond donors (Lipinski definition) is 0. The van der Waals surface area contributed by atoms with Crippen molar-refractivity contribution in [2.24, 2.45) is 11.1 Å². The van der Waals surface area contributed by atoms with Crippen molar-refractivity contribution in [1.82, 2.24) is 0 Å². The van der Waals surface area contributed by atoms with Gasteiger partial charge in [0.15, 0.2) is 11.5 Å². The summed E-state index contributed by atoms with van der Waals surface area (Å²) >= 11 is 0. The molecular weight excluding hydrogens is 486 g/mol. The first-order valence-electron chi connectivity index (χ1n) is 12.7. The van der Waals surface area contributed by atoms with E-state index >= 15 is 0 Å². The Bertz CT molecular complexity index is 1250. The molecule has 202 valence electrons. The van der Waals surface area contributed by atoms with Gasteiger partial charge in [-0.25, -0.2) is 0 Å². The van der Waals surface area contributed by atoms with Crippen LogP contribution >= 0.6 is 0 Å². The Hall–Kier alpha value is -3.33. The molecule has 2 aromatic rings. The maximum atomic E-state index is 7.14. The van der Waals surface area contributed by atoms with Crippen LogP contribution in [0.25, 0.3) is 0 Å². The van der Waals surface area contributed by atoms with E-state index in [0.717, 1.165) is 28.7 Å². The number of oxime groups is 1. The maximum absolute atomic E-state index is 7.14. The van der Waals surface area contributed by atoms with E-state index < -0.39 is 11.2 Å². The zero-order valence-electron chi connectivity index (χ0n) is 22.6. The van der Waals surface area contributed by atoms with E-state index in [2.05, 4.69) is 5.16 Å². The number of nitrogens with zero attached hydrogens (tertiary/aromatic N) is 1. The second-order valence-electron chi connectivity index (χ2n) is 9.85. The van der Waals surface area contributed by atoms with Gasteiger partial charge >= 0.3 is 0 Å². The Balaban J connectivity index is 1.63. The van der Waals surface area contributed by atoms with E-state index in [0.29, 0.717) is 49.2 Å². The van der Waals surface area contributed by atoms with Crippen molar-refractivity contribution in [1.29, 1.82) is 0 Å². The summed E-state index contributed by atoms with van der Waals surface area (Å²) in [5, 5.41) is 4.46. The number of rotatable bonds is 10. The standard InChI is InChI=1S/C30H35NO7/c1-32-18-23-12-22-13-25(31-37-17-20-9-7-6-8-10-20)28(36-5)16-30(22)24-14-27(35-4)26(34-3)11-21(24)15-29(23,38-30)19-33-2/h6-11,13-14,16,23H,12,15,17-19H2,1-5H3/b31-25+/t23-,29+,30-/m0/s1. The molecule has 0 amide bonds. The number of hydrogen-bond acceptors (Lipinski definition) is 8. The summed E-state index contributed by atoms with van der Waals surface area (Å²) in [6, 6.07) is 14.0. The van der Waals surface area contributed by atoms with Gasteiger partial charge in [0.1, 0.15) is 29.3 Å². The van der Waals surface area contributed by atoms with E-state index in [-0.39, 0.29) is 5.92 Å². The number of methoxy groups -OCH3 is 5. The van der Waals surface area contributed by atoms with Crippen LogP contribution in [0.1, 0.15) is 23.1 Å². The lowest BCUT2D eigenvalue weighted by atomic mass is 9.63. The predicted molar refractivity (Wildman–Crippen MR) is 142 cm³/mol. The fourth-order valence-electron chi connectivity index (χ4n) is 5.92. The third-order valence-corrected chi connectivity index (χ3v) is 7.66. The first-order valence-corrected chi connectivity index (χ1v) is 12.7. The van der Waals surface area contributed by atoms with Crippen LogP contribution < -0.4 is 9.47 Å². The summed E-state index contributed by atoms with van der Waals surface area (Å²) < 4.78 is 35.7. The molecule has 1 saturated heterocycles. The van der Waals surface area contributed by atoms with Crippen LogP contribution in [0.3, 0.4) is 0 Å². The molecule has 0 N–H and O–H groups in total. The Kier molecular flexibility index (Phi) is 7.47. The molecule has 0 saturated carbocycles. The van der Waals surface area contributed by atoms with Crippen LogP contribution in [0.5, 0.6) is 11.5 Å². The van der Waals surface area contributed by atoms with Gasteiger partial charge in [0, 0.05) is 32.6 Å². The van der Waals surface area contributed by atoms with E-state index in [1.807, 2.05) is 54.6 Å². The highest BCUT2D eigenvalue weighted by atomic mass is 16.6. The molecule has 0 unspecified atom stereocenters. The number of allylic oxidation sites excluding steroid dienone is 1. The van der Waals surface area contributed by atoms with Crippen molar-refractivity contribution in [3.05, 3.63) is 82.6 Å². The lowest BCUT2D eigenvalue weighted by Crippen LogP contribution is -2.61. The number of benzene rings is 2. The Labute approximate surface area is 223 Å². The van der Waals surface area contributed by atoms with Crippen LogP contribution in [0.15, 0.2) is 71.1 Å². The Morgan fingerprint density at radius 2 is 1.71 bits per heavy atom. The minimum absolute atomic E-state index is 0.0528. The number of ether oxygens (including phenoxy) is 6. The van der Waals surface area contributed by atoms with Gasteiger partial charge in [0.2, 0.25) is 0 Å². The topological polar surface area (TPSA) is 77.0 Å². The minimum atomic E-state index is -0.889. The zero-order chi connectivity index (χ0) is 26.8. The van der Waals surface area contributed by atoms with Crippen molar-refractivity contribution in [3.63, 3.8) is 0 Å². The first kappa shape index (κ1) is 26.3. The smallest absolute Gasteiger partial charge is 0.161 e. The summed E-state index contributed by atoms with van der Waals surface area (Å²) in [7, 11) is 8.34.